The van der Waals surface area contributed by atoms with Crippen molar-refractivity contribution in [2.75, 3.05) is 0 Å². The number of aliphatic hydroxyl groups excluding tert-OH is 2. The molecule has 0 spiro atoms. The van der Waals surface area contributed by atoms with E-state index in [-0.39, 0.29) is 11.5 Å². The zero-order valence-corrected chi connectivity index (χ0v) is 8.71. The summed E-state index contributed by atoms with van der Waals surface area (Å²) in [5, 5.41) is 17.6. The van der Waals surface area contributed by atoms with Crippen LogP contribution in [0.25, 0.3) is 0 Å². The predicted molar refractivity (Wildman–Crippen MR) is 58.4 cm³/mol. The van der Waals surface area contributed by atoms with Crippen LogP contribution < -0.4 is 0 Å². The highest BCUT2D eigenvalue weighted by atomic mass is 16.3. The average molecular weight is 196 g/mol. The first kappa shape index (κ1) is 11.2. The fraction of sp³-hybridized carbons (Fsp3) is 0.667. The summed E-state index contributed by atoms with van der Waals surface area (Å²) in [7, 11) is 0. The molecule has 2 N–H and O–H groups in total. The fourth-order valence-corrected chi connectivity index (χ4v) is 1.63. The van der Waals surface area contributed by atoms with Gasteiger partial charge >= 0.3 is 0 Å². The molecule has 0 fully saturated rings. The van der Waals surface area contributed by atoms with Gasteiger partial charge in [0.15, 0.2) is 0 Å². The lowest BCUT2D eigenvalue weighted by molar-refractivity contribution is 0.276. The van der Waals surface area contributed by atoms with Crippen molar-refractivity contribution in [1.82, 2.24) is 0 Å². The summed E-state index contributed by atoms with van der Waals surface area (Å²) >= 11 is 0. The minimum absolute atomic E-state index is 0.191. The molecule has 0 radical (unpaired) electrons. The Morgan fingerprint density at radius 1 is 0.714 bits per heavy atom. The molecule has 0 aromatic carbocycles. The molecule has 0 atom stereocenters. The first-order valence-electron chi connectivity index (χ1n) is 5.55. The summed E-state index contributed by atoms with van der Waals surface area (Å²) in [5.74, 6) is 0.382. The Kier molecular flexibility index (Phi) is 5.20. The number of aliphatic hydroxyl groups is 2. The molecule has 2 aliphatic rings. The summed E-state index contributed by atoms with van der Waals surface area (Å²) < 4.78 is 0. The first-order valence-corrected chi connectivity index (χ1v) is 5.55. The van der Waals surface area contributed by atoms with E-state index in [4.69, 9.17) is 10.2 Å². The molecular weight excluding hydrogens is 176 g/mol. The van der Waals surface area contributed by atoms with Crippen molar-refractivity contribution in [3.63, 3.8) is 0 Å². The van der Waals surface area contributed by atoms with Crippen LogP contribution in [0.2, 0.25) is 0 Å². The van der Waals surface area contributed by atoms with Crippen molar-refractivity contribution in [3.8, 4) is 0 Å². The Bertz CT molecular complexity index is 194. The Morgan fingerprint density at radius 3 is 1.36 bits per heavy atom. The summed E-state index contributed by atoms with van der Waals surface area (Å²) in [4.78, 5) is 0. The quantitative estimate of drug-likeness (QED) is 0.575. The molecule has 0 aromatic heterocycles. The maximum absolute atomic E-state index is 8.81. The Morgan fingerprint density at radius 2 is 1.14 bits per heavy atom. The van der Waals surface area contributed by atoms with Crippen LogP contribution >= 0.6 is 0 Å². The fourth-order valence-electron chi connectivity index (χ4n) is 1.63. The number of hydrogen-bond acceptors (Lipinski definition) is 2. The molecule has 0 aliphatic heterocycles. The van der Waals surface area contributed by atoms with Crippen LogP contribution in [-0.2, 0) is 0 Å². The van der Waals surface area contributed by atoms with Gasteiger partial charge in [-0.15, -0.1) is 0 Å². The van der Waals surface area contributed by atoms with Crippen LogP contribution in [0, 0.1) is 0 Å². The van der Waals surface area contributed by atoms with E-state index in [1.807, 2.05) is 0 Å². The molecule has 14 heavy (non-hydrogen) atoms. The van der Waals surface area contributed by atoms with Crippen molar-refractivity contribution in [3.05, 3.63) is 23.7 Å². The lowest BCUT2D eigenvalue weighted by Gasteiger charge is -2.09. The van der Waals surface area contributed by atoms with Crippen LogP contribution in [-0.4, -0.2) is 10.2 Å². The third-order valence-corrected chi connectivity index (χ3v) is 2.57. The van der Waals surface area contributed by atoms with Gasteiger partial charge in [0.25, 0.3) is 0 Å². The van der Waals surface area contributed by atoms with Crippen LogP contribution in [0.4, 0.5) is 0 Å². The van der Waals surface area contributed by atoms with Gasteiger partial charge in [0.05, 0.1) is 0 Å². The normalized spacial score (nSPS) is 21.4. The van der Waals surface area contributed by atoms with Gasteiger partial charge in [-0.05, 0) is 38.5 Å². The standard InChI is InChI=1S/C6H10O2.C6H10/c7-5-3-1-2-4-6(5)8;1-2-4-6-5-3-1/h7-8H,1-4H2;1-2H,3-6H2. The molecule has 0 saturated heterocycles. The number of hydrogen-bond donors (Lipinski definition) is 2. The van der Waals surface area contributed by atoms with Crippen molar-refractivity contribution < 1.29 is 10.2 Å². The van der Waals surface area contributed by atoms with E-state index in [1.54, 1.807) is 0 Å². The van der Waals surface area contributed by atoms with Gasteiger partial charge in [-0.3, -0.25) is 0 Å². The molecule has 0 amide bonds. The third kappa shape index (κ3) is 4.35. The largest absolute Gasteiger partial charge is 0.509 e. The van der Waals surface area contributed by atoms with Crippen LogP contribution in [0.1, 0.15) is 51.4 Å². The minimum Gasteiger partial charge on any atom is -0.509 e. The van der Waals surface area contributed by atoms with E-state index in [1.165, 1.54) is 25.7 Å². The zero-order valence-electron chi connectivity index (χ0n) is 8.71. The highest BCUT2D eigenvalue weighted by Gasteiger charge is 2.08. The molecule has 2 nitrogen and oxygen atoms in total. The van der Waals surface area contributed by atoms with Crippen LogP contribution in [0.15, 0.2) is 23.7 Å². The predicted octanol–water partition coefficient (Wildman–Crippen LogP) is 4.00. The van der Waals surface area contributed by atoms with Crippen molar-refractivity contribution in [1.29, 1.82) is 0 Å². The maximum atomic E-state index is 8.81. The SMILES string of the molecule is C1=CCCCC1.OC1=C(O)CCCC1. The molecule has 0 bridgehead atoms. The Labute approximate surface area is 86.0 Å². The highest BCUT2D eigenvalue weighted by molar-refractivity contribution is 5.01. The van der Waals surface area contributed by atoms with Gasteiger partial charge in [0, 0.05) is 12.8 Å². The lowest BCUT2D eigenvalue weighted by Crippen LogP contribution is -1.97. The van der Waals surface area contributed by atoms with Gasteiger partial charge in [-0.2, -0.15) is 0 Å². The molecular formula is C12H20O2. The van der Waals surface area contributed by atoms with E-state index >= 15 is 0 Å². The third-order valence-electron chi connectivity index (χ3n) is 2.57. The second kappa shape index (κ2) is 6.52. The van der Waals surface area contributed by atoms with Crippen LogP contribution in [0.3, 0.4) is 0 Å². The maximum Gasteiger partial charge on any atom is 0.129 e. The molecule has 0 saturated carbocycles. The minimum atomic E-state index is 0.191. The second-order valence-corrected chi connectivity index (χ2v) is 3.86. The van der Waals surface area contributed by atoms with Crippen LogP contribution in [0.5, 0.6) is 0 Å². The summed E-state index contributed by atoms with van der Waals surface area (Å²) in [6.45, 7) is 0. The van der Waals surface area contributed by atoms with E-state index < -0.39 is 0 Å². The molecule has 2 rings (SSSR count). The van der Waals surface area contributed by atoms with E-state index in [9.17, 15) is 0 Å². The molecule has 2 heteroatoms. The van der Waals surface area contributed by atoms with Gasteiger partial charge in [-0.25, -0.2) is 0 Å². The molecule has 0 heterocycles. The zero-order chi connectivity index (χ0) is 10.2. The summed E-state index contributed by atoms with van der Waals surface area (Å²) in [6, 6.07) is 0. The van der Waals surface area contributed by atoms with E-state index in [0.717, 1.165) is 12.8 Å². The molecule has 80 valence electrons. The summed E-state index contributed by atoms with van der Waals surface area (Å²) in [6.07, 6.45) is 13.3. The first-order chi connectivity index (χ1) is 6.80. The van der Waals surface area contributed by atoms with Gasteiger partial charge < -0.3 is 10.2 Å². The smallest absolute Gasteiger partial charge is 0.129 e. The van der Waals surface area contributed by atoms with Gasteiger partial charge in [0.1, 0.15) is 11.5 Å². The summed E-state index contributed by atoms with van der Waals surface area (Å²) in [5.41, 5.74) is 0. The van der Waals surface area contributed by atoms with Crippen molar-refractivity contribution in [2.45, 2.75) is 51.4 Å². The monoisotopic (exact) mass is 196 g/mol. The number of rotatable bonds is 0. The average Bonchev–Trinajstić information content (AvgIpc) is 2.26. The molecule has 0 aromatic rings. The molecule has 2 aliphatic carbocycles. The lowest BCUT2D eigenvalue weighted by atomic mass is 10.1. The van der Waals surface area contributed by atoms with E-state index in [0.29, 0.717) is 12.8 Å². The van der Waals surface area contributed by atoms with Crippen molar-refractivity contribution in [2.24, 2.45) is 0 Å². The Hall–Kier alpha value is -0.920. The topological polar surface area (TPSA) is 40.5 Å². The van der Waals surface area contributed by atoms with Crippen molar-refractivity contribution >= 4 is 0 Å². The van der Waals surface area contributed by atoms with Gasteiger partial charge in [0.2, 0.25) is 0 Å². The Balaban J connectivity index is 0.000000146. The number of allylic oxidation sites excluding steroid dienone is 4. The second-order valence-electron chi connectivity index (χ2n) is 3.86. The van der Waals surface area contributed by atoms with Gasteiger partial charge in [-0.1, -0.05) is 12.2 Å². The van der Waals surface area contributed by atoms with E-state index in [2.05, 4.69) is 12.2 Å². The highest BCUT2D eigenvalue weighted by Crippen LogP contribution is 2.19. The molecule has 0 unspecified atom stereocenters.